The van der Waals surface area contributed by atoms with Crippen LogP contribution in [0.1, 0.15) is 16.1 Å². The first kappa shape index (κ1) is 22.4. The molecule has 4 rings (SSSR count). The number of nitrogens with zero attached hydrogens (tertiary/aromatic N) is 1. The second-order valence-corrected chi connectivity index (χ2v) is 7.52. The number of carbonyl (C=O) groups is 2. The van der Waals surface area contributed by atoms with Gasteiger partial charge in [-0.05, 0) is 54.1 Å². The summed E-state index contributed by atoms with van der Waals surface area (Å²) >= 11 is 6.24. The van der Waals surface area contributed by atoms with Crippen molar-refractivity contribution in [2.24, 2.45) is 0 Å². The molecule has 0 aliphatic heterocycles. The molecule has 1 amide bonds. The molecule has 2 aromatic carbocycles. The van der Waals surface area contributed by atoms with Gasteiger partial charge in [0, 0.05) is 23.0 Å². The topological polar surface area (TPSA) is 59.8 Å². The molecule has 0 atom stereocenters. The van der Waals surface area contributed by atoms with E-state index in [-0.39, 0.29) is 11.4 Å². The van der Waals surface area contributed by atoms with Crippen LogP contribution in [0.4, 0.5) is 18.9 Å². The predicted molar refractivity (Wildman–Crippen MR) is 119 cm³/mol. The second-order valence-electron chi connectivity index (χ2n) is 7.11. The third-order valence-electron chi connectivity index (χ3n) is 5.01. The number of hydrogen-bond donors (Lipinski definition) is 1. The second kappa shape index (κ2) is 8.63. The number of ether oxygens (including phenoxy) is 1. The van der Waals surface area contributed by atoms with E-state index in [9.17, 15) is 22.8 Å². The lowest BCUT2D eigenvalue weighted by Gasteiger charge is -2.11. The number of amides is 1. The minimum absolute atomic E-state index is 0.0521. The molecule has 2 aromatic heterocycles. The van der Waals surface area contributed by atoms with Crippen LogP contribution in [-0.2, 0) is 11.0 Å². The Labute approximate surface area is 191 Å². The number of ketones is 1. The highest BCUT2D eigenvalue weighted by Gasteiger charge is 2.31. The Morgan fingerprint density at radius 1 is 1.00 bits per heavy atom. The minimum atomic E-state index is -4.58. The van der Waals surface area contributed by atoms with Crippen molar-refractivity contribution < 1.29 is 27.5 Å². The molecule has 0 saturated heterocycles. The summed E-state index contributed by atoms with van der Waals surface area (Å²) in [5.74, 6) is -1.54. The van der Waals surface area contributed by atoms with Gasteiger partial charge in [0.15, 0.2) is 0 Å². The van der Waals surface area contributed by atoms with Crippen LogP contribution in [0, 0.1) is 0 Å². The van der Waals surface area contributed by atoms with Crippen LogP contribution in [0.5, 0.6) is 5.75 Å². The van der Waals surface area contributed by atoms with Crippen LogP contribution in [-0.4, -0.2) is 23.2 Å². The maximum Gasteiger partial charge on any atom is 0.416 e. The number of carbonyl (C=O) groups excluding carboxylic acids is 2. The summed E-state index contributed by atoms with van der Waals surface area (Å²) in [6.45, 7) is 0. The first-order valence-corrected chi connectivity index (χ1v) is 10.0. The van der Waals surface area contributed by atoms with Crippen LogP contribution in [0.3, 0.4) is 0 Å². The largest absolute Gasteiger partial charge is 0.495 e. The zero-order chi connectivity index (χ0) is 23.8. The number of anilines is 1. The smallest absolute Gasteiger partial charge is 0.416 e. The third-order valence-corrected chi connectivity index (χ3v) is 5.31. The van der Waals surface area contributed by atoms with E-state index < -0.39 is 23.4 Å². The van der Waals surface area contributed by atoms with Gasteiger partial charge >= 0.3 is 6.18 Å². The average Bonchev–Trinajstić information content (AvgIpc) is 3.17. The lowest BCUT2D eigenvalue weighted by molar-refractivity contribution is -0.137. The van der Waals surface area contributed by atoms with E-state index in [1.54, 1.807) is 53.1 Å². The van der Waals surface area contributed by atoms with Crippen molar-refractivity contribution in [1.82, 2.24) is 4.40 Å². The standard InChI is InChI=1S/C24H16ClF3N2O3/c1-33-20-9-8-14(11-19(20)25)18-13-17-7-2-3-10-30(17)21(18)22(31)23(32)29-16-6-4-5-15(12-16)24(26,27)28/h2-13H,1H3,(H,29,32). The zero-order valence-electron chi connectivity index (χ0n) is 17.1. The molecule has 1 N–H and O–H groups in total. The first-order chi connectivity index (χ1) is 15.7. The summed E-state index contributed by atoms with van der Waals surface area (Å²) in [5.41, 5.74) is 0.633. The summed E-state index contributed by atoms with van der Waals surface area (Å²) < 4.78 is 45.7. The zero-order valence-corrected chi connectivity index (χ0v) is 17.9. The quantitative estimate of drug-likeness (QED) is 0.282. The number of aromatic nitrogens is 1. The normalized spacial score (nSPS) is 11.4. The van der Waals surface area contributed by atoms with Crippen LogP contribution in [0.15, 0.2) is 72.9 Å². The molecule has 4 aromatic rings. The number of pyridine rings is 1. The number of benzene rings is 2. The van der Waals surface area contributed by atoms with Crippen LogP contribution in [0.25, 0.3) is 16.6 Å². The SMILES string of the molecule is COc1ccc(-c2cc3ccccn3c2C(=O)C(=O)Nc2cccc(C(F)(F)F)c2)cc1Cl. The van der Waals surface area contributed by atoms with E-state index in [1.807, 2.05) is 0 Å². The van der Waals surface area contributed by atoms with Gasteiger partial charge in [0.1, 0.15) is 11.4 Å². The average molecular weight is 473 g/mol. The van der Waals surface area contributed by atoms with Gasteiger partial charge in [-0.3, -0.25) is 9.59 Å². The fourth-order valence-corrected chi connectivity index (χ4v) is 3.74. The Bertz CT molecular complexity index is 1380. The van der Waals surface area contributed by atoms with Crippen molar-refractivity contribution in [1.29, 1.82) is 0 Å². The maximum absolute atomic E-state index is 13.2. The number of methoxy groups -OCH3 is 1. The number of alkyl halides is 3. The van der Waals surface area contributed by atoms with Gasteiger partial charge < -0.3 is 14.5 Å². The molecule has 0 fully saturated rings. The third kappa shape index (κ3) is 4.42. The number of hydrogen-bond acceptors (Lipinski definition) is 3. The molecular weight excluding hydrogens is 457 g/mol. The van der Waals surface area contributed by atoms with Crippen molar-refractivity contribution in [3.8, 4) is 16.9 Å². The summed E-state index contributed by atoms with van der Waals surface area (Å²) in [6, 6.07) is 16.0. The number of fused-ring (bicyclic) bond motifs is 1. The Kier molecular flexibility index (Phi) is 5.86. The molecule has 33 heavy (non-hydrogen) atoms. The van der Waals surface area contributed by atoms with Crippen LogP contribution >= 0.6 is 11.6 Å². The summed E-state index contributed by atoms with van der Waals surface area (Å²) in [5, 5.41) is 2.58. The van der Waals surface area contributed by atoms with Gasteiger partial charge in [0.05, 0.1) is 17.7 Å². The van der Waals surface area contributed by atoms with Crippen molar-refractivity contribution in [2.75, 3.05) is 12.4 Å². The molecule has 0 spiro atoms. The molecule has 0 radical (unpaired) electrons. The van der Waals surface area contributed by atoms with Crippen molar-refractivity contribution >= 4 is 34.5 Å². The van der Waals surface area contributed by atoms with Crippen molar-refractivity contribution in [3.05, 3.63) is 89.2 Å². The van der Waals surface area contributed by atoms with Crippen LogP contribution in [0.2, 0.25) is 5.02 Å². The van der Waals surface area contributed by atoms with Gasteiger partial charge in [-0.2, -0.15) is 13.2 Å². The molecular formula is C24H16ClF3N2O3. The van der Waals surface area contributed by atoms with E-state index in [0.717, 1.165) is 18.2 Å². The van der Waals surface area contributed by atoms with E-state index in [4.69, 9.17) is 16.3 Å². The summed E-state index contributed by atoms with van der Waals surface area (Å²) in [6.07, 6.45) is -2.96. The molecule has 0 unspecified atom stereocenters. The molecule has 168 valence electrons. The lowest BCUT2D eigenvalue weighted by atomic mass is 10.0. The molecule has 0 bridgehead atoms. The van der Waals surface area contributed by atoms with Crippen molar-refractivity contribution in [2.45, 2.75) is 6.18 Å². The maximum atomic E-state index is 13.2. The number of rotatable bonds is 5. The molecule has 2 heterocycles. The van der Waals surface area contributed by atoms with Gasteiger partial charge in [0.2, 0.25) is 0 Å². The fraction of sp³-hybridized carbons (Fsp3) is 0.0833. The highest BCUT2D eigenvalue weighted by molar-refractivity contribution is 6.47. The highest BCUT2D eigenvalue weighted by atomic mass is 35.5. The first-order valence-electron chi connectivity index (χ1n) is 9.66. The van der Waals surface area contributed by atoms with Gasteiger partial charge in [-0.1, -0.05) is 29.8 Å². The Morgan fingerprint density at radius 2 is 1.79 bits per heavy atom. The molecule has 0 saturated carbocycles. The van der Waals surface area contributed by atoms with E-state index in [0.29, 0.717) is 27.4 Å². The summed E-state index contributed by atoms with van der Waals surface area (Å²) in [7, 11) is 1.47. The summed E-state index contributed by atoms with van der Waals surface area (Å²) in [4.78, 5) is 26.0. The highest BCUT2D eigenvalue weighted by Crippen LogP contribution is 2.34. The predicted octanol–water partition coefficient (Wildman–Crippen LogP) is 6.11. The van der Waals surface area contributed by atoms with Gasteiger partial charge in [0.25, 0.3) is 11.7 Å². The molecule has 9 heteroatoms. The monoisotopic (exact) mass is 472 g/mol. The fourth-order valence-electron chi connectivity index (χ4n) is 3.48. The Balaban J connectivity index is 1.74. The van der Waals surface area contributed by atoms with Gasteiger partial charge in [-0.25, -0.2) is 0 Å². The Hall–Kier alpha value is -3.78. The van der Waals surface area contributed by atoms with E-state index in [2.05, 4.69) is 5.32 Å². The van der Waals surface area contributed by atoms with E-state index >= 15 is 0 Å². The van der Waals surface area contributed by atoms with Crippen LogP contribution < -0.4 is 10.1 Å². The number of halogens is 4. The number of nitrogens with one attached hydrogen (secondary N) is 1. The molecule has 0 aliphatic carbocycles. The minimum Gasteiger partial charge on any atom is -0.495 e. The molecule has 0 aliphatic rings. The van der Waals surface area contributed by atoms with Crippen molar-refractivity contribution in [3.63, 3.8) is 0 Å². The lowest BCUT2D eigenvalue weighted by Crippen LogP contribution is -2.24. The number of Topliss-reactive ketones (excluding diaryl/α,β-unsaturated/α-hetero) is 1. The Morgan fingerprint density at radius 3 is 2.48 bits per heavy atom. The van der Waals surface area contributed by atoms with Gasteiger partial charge in [-0.15, -0.1) is 0 Å². The van der Waals surface area contributed by atoms with E-state index in [1.165, 1.54) is 13.2 Å². The molecule has 5 nitrogen and oxygen atoms in total.